The summed E-state index contributed by atoms with van der Waals surface area (Å²) in [5.74, 6) is -1.34. The van der Waals surface area contributed by atoms with E-state index in [4.69, 9.17) is 18.6 Å². The van der Waals surface area contributed by atoms with Crippen LogP contribution in [0.5, 0.6) is 11.5 Å². The first-order chi connectivity index (χ1) is 14.2. The average molecular weight is 422 g/mol. The van der Waals surface area contributed by atoms with Gasteiger partial charge in [-0.1, -0.05) is 5.57 Å². The highest BCUT2D eigenvalue weighted by molar-refractivity contribution is 5.80. The molecule has 10 nitrogen and oxygen atoms in total. The van der Waals surface area contributed by atoms with Crippen molar-refractivity contribution in [2.45, 2.75) is 44.6 Å². The highest BCUT2D eigenvalue weighted by atomic mass is 16.7. The van der Waals surface area contributed by atoms with E-state index in [-0.39, 0.29) is 23.7 Å². The summed E-state index contributed by atoms with van der Waals surface area (Å²) in [6.45, 7) is 3.92. The van der Waals surface area contributed by atoms with E-state index in [2.05, 4.69) is 0 Å². The lowest BCUT2D eigenvalue weighted by Gasteiger charge is -2.38. The van der Waals surface area contributed by atoms with Gasteiger partial charge in [-0.05, 0) is 32.1 Å². The quantitative estimate of drug-likeness (QED) is 0.380. The van der Waals surface area contributed by atoms with E-state index >= 15 is 0 Å². The minimum absolute atomic E-state index is 0.0512. The van der Waals surface area contributed by atoms with Gasteiger partial charge in [-0.3, -0.25) is 0 Å². The normalized spacial score (nSPS) is 26.2. The molecule has 162 valence electrons. The topological polar surface area (TPSA) is 156 Å². The van der Waals surface area contributed by atoms with Crippen LogP contribution in [0.25, 0.3) is 11.0 Å². The number of ether oxygens (including phenoxy) is 3. The summed E-state index contributed by atoms with van der Waals surface area (Å²) in [6, 6.07) is 5.58. The second-order valence-corrected chi connectivity index (χ2v) is 7.04. The van der Waals surface area contributed by atoms with Crippen LogP contribution in [0.3, 0.4) is 0 Å². The van der Waals surface area contributed by atoms with Crippen molar-refractivity contribution in [1.82, 2.24) is 0 Å². The number of hydrogen-bond acceptors (Lipinski definition) is 9. The van der Waals surface area contributed by atoms with E-state index < -0.39 is 42.3 Å². The Morgan fingerprint density at radius 3 is 2.50 bits per heavy atom. The molecule has 1 aliphatic heterocycles. The lowest BCUT2D eigenvalue weighted by molar-refractivity contribution is -0.271. The van der Waals surface area contributed by atoms with Crippen molar-refractivity contribution in [1.29, 1.82) is 0 Å². The number of aliphatic hydroxyl groups is 3. The molecule has 0 saturated carbocycles. The molecule has 5 unspecified atom stereocenters. The number of carbonyl (C=O) groups is 1. The zero-order chi connectivity index (χ0) is 22.0. The molecule has 0 bridgehead atoms. The predicted octanol–water partition coefficient (Wildman–Crippen LogP) is 0.409. The summed E-state index contributed by atoms with van der Waals surface area (Å²) in [4.78, 5) is 22.8. The molecule has 0 spiro atoms. The van der Waals surface area contributed by atoms with Crippen LogP contribution >= 0.6 is 0 Å². The first-order valence-corrected chi connectivity index (χ1v) is 9.10. The van der Waals surface area contributed by atoms with Crippen LogP contribution < -0.4 is 15.1 Å². The Kier molecular flexibility index (Phi) is 6.42. The molecule has 0 aliphatic carbocycles. The van der Waals surface area contributed by atoms with E-state index in [9.17, 15) is 30.0 Å². The van der Waals surface area contributed by atoms with Crippen molar-refractivity contribution in [3.05, 3.63) is 46.3 Å². The fourth-order valence-corrected chi connectivity index (χ4v) is 2.85. The molecule has 1 aliphatic rings. The van der Waals surface area contributed by atoms with Crippen LogP contribution in [0, 0.1) is 0 Å². The molecule has 0 radical (unpaired) electrons. The number of carboxylic acids is 1. The number of hydrogen-bond donors (Lipinski definition) is 4. The average Bonchev–Trinajstić information content (AvgIpc) is 2.68. The van der Waals surface area contributed by atoms with Crippen molar-refractivity contribution in [3.63, 3.8) is 0 Å². The fraction of sp³-hybridized carbons (Fsp3) is 0.400. The van der Waals surface area contributed by atoms with E-state index in [0.29, 0.717) is 5.39 Å². The zero-order valence-electron chi connectivity index (χ0n) is 16.2. The third-order valence-corrected chi connectivity index (χ3v) is 4.47. The summed E-state index contributed by atoms with van der Waals surface area (Å²) < 4.78 is 21.6. The molecule has 2 heterocycles. The summed E-state index contributed by atoms with van der Waals surface area (Å²) in [6.07, 6.45) is -6.99. The van der Waals surface area contributed by atoms with Gasteiger partial charge in [0.15, 0.2) is 17.6 Å². The SMILES string of the molecule is CC(C)=CCOc1cc2oc(=O)ccc2cc1OC1OC(C(=O)O)C(O)C(O)C1O. The molecule has 4 N–H and O–H groups in total. The van der Waals surface area contributed by atoms with Crippen LogP contribution in [-0.2, 0) is 9.53 Å². The maximum atomic E-state index is 11.5. The highest BCUT2D eigenvalue weighted by Gasteiger charge is 2.48. The lowest BCUT2D eigenvalue weighted by atomic mass is 9.99. The van der Waals surface area contributed by atoms with Crippen molar-refractivity contribution in [2.24, 2.45) is 0 Å². The number of rotatable bonds is 6. The van der Waals surface area contributed by atoms with Crippen LogP contribution in [0.1, 0.15) is 13.8 Å². The number of fused-ring (bicyclic) bond motifs is 1. The molecular formula is C20H22O10. The number of allylic oxidation sites excluding steroid dienone is 1. The van der Waals surface area contributed by atoms with Crippen LogP contribution in [-0.4, -0.2) is 63.7 Å². The van der Waals surface area contributed by atoms with Crippen LogP contribution in [0.15, 0.2) is 45.1 Å². The molecular weight excluding hydrogens is 400 g/mol. The summed E-state index contributed by atoms with van der Waals surface area (Å²) in [7, 11) is 0. The Hall–Kier alpha value is -2.92. The Balaban J connectivity index is 1.96. The first kappa shape index (κ1) is 21.8. The molecule has 1 fully saturated rings. The Morgan fingerprint density at radius 1 is 1.10 bits per heavy atom. The molecule has 30 heavy (non-hydrogen) atoms. The lowest BCUT2D eigenvalue weighted by Crippen LogP contribution is -2.61. The second kappa shape index (κ2) is 8.84. The molecule has 0 amide bonds. The van der Waals surface area contributed by atoms with Gasteiger partial charge in [0, 0.05) is 17.5 Å². The summed E-state index contributed by atoms with van der Waals surface area (Å²) in [5, 5.41) is 39.6. The smallest absolute Gasteiger partial charge is 0.336 e. The van der Waals surface area contributed by atoms with Crippen molar-refractivity contribution in [2.75, 3.05) is 6.61 Å². The van der Waals surface area contributed by atoms with Crippen molar-refractivity contribution >= 4 is 16.9 Å². The molecule has 1 aromatic heterocycles. The fourth-order valence-electron chi connectivity index (χ4n) is 2.85. The Labute approximate surface area is 170 Å². The predicted molar refractivity (Wildman–Crippen MR) is 102 cm³/mol. The molecule has 1 saturated heterocycles. The van der Waals surface area contributed by atoms with Gasteiger partial charge >= 0.3 is 11.6 Å². The largest absolute Gasteiger partial charge is 0.485 e. The standard InChI is InChI=1S/C20H22O10/c1-9(2)5-6-27-12-8-11-10(3-4-14(21)28-11)7-13(12)29-20-17(24)15(22)16(23)18(30-20)19(25)26/h3-5,7-8,15-18,20,22-24H,6H2,1-2H3,(H,25,26). The molecule has 1 aromatic carbocycles. The summed E-state index contributed by atoms with van der Waals surface area (Å²) in [5.41, 5.74) is 0.669. The van der Waals surface area contributed by atoms with Gasteiger partial charge in [0.2, 0.25) is 6.29 Å². The third-order valence-electron chi connectivity index (χ3n) is 4.47. The first-order valence-electron chi connectivity index (χ1n) is 9.10. The number of carboxylic acid groups (broad SMARTS) is 1. The monoisotopic (exact) mass is 422 g/mol. The summed E-state index contributed by atoms with van der Waals surface area (Å²) >= 11 is 0. The second-order valence-electron chi connectivity index (χ2n) is 7.04. The van der Waals surface area contributed by atoms with Gasteiger partial charge in [0.05, 0.1) is 0 Å². The molecule has 3 rings (SSSR count). The number of benzene rings is 1. The van der Waals surface area contributed by atoms with Gasteiger partial charge in [-0.15, -0.1) is 0 Å². The van der Waals surface area contributed by atoms with E-state index in [1.54, 1.807) is 6.08 Å². The van der Waals surface area contributed by atoms with Crippen molar-refractivity contribution < 1.29 is 43.8 Å². The van der Waals surface area contributed by atoms with Gasteiger partial charge in [-0.25, -0.2) is 9.59 Å². The number of aliphatic hydroxyl groups excluding tert-OH is 3. The minimum atomic E-state index is -1.84. The molecule has 5 atom stereocenters. The third kappa shape index (κ3) is 4.62. The van der Waals surface area contributed by atoms with Gasteiger partial charge < -0.3 is 39.1 Å². The maximum Gasteiger partial charge on any atom is 0.336 e. The van der Waals surface area contributed by atoms with Gasteiger partial charge in [-0.2, -0.15) is 0 Å². The highest BCUT2D eigenvalue weighted by Crippen LogP contribution is 2.35. The van der Waals surface area contributed by atoms with E-state index in [1.165, 1.54) is 24.3 Å². The maximum absolute atomic E-state index is 11.5. The Morgan fingerprint density at radius 2 is 1.83 bits per heavy atom. The molecule has 2 aromatic rings. The van der Waals surface area contributed by atoms with Gasteiger partial charge in [0.25, 0.3) is 0 Å². The van der Waals surface area contributed by atoms with E-state index in [0.717, 1.165) is 5.57 Å². The number of aliphatic carboxylic acids is 1. The van der Waals surface area contributed by atoms with Crippen LogP contribution in [0.2, 0.25) is 0 Å². The minimum Gasteiger partial charge on any atom is -0.485 e. The zero-order valence-corrected chi connectivity index (χ0v) is 16.2. The van der Waals surface area contributed by atoms with E-state index in [1.807, 2.05) is 13.8 Å². The van der Waals surface area contributed by atoms with Crippen molar-refractivity contribution in [3.8, 4) is 11.5 Å². The molecule has 10 heteroatoms. The van der Waals surface area contributed by atoms with Crippen LogP contribution in [0.4, 0.5) is 0 Å². The Bertz CT molecular complexity index is 1010. The van der Waals surface area contributed by atoms with Gasteiger partial charge in [0.1, 0.15) is 30.5 Å².